The number of fused-ring (bicyclic) bond motifs is 1. The maximum absolute atomic E-state index is 14.3. The summed E-state index contributed by atoms with van der Waals surface area (Å²) >= 11 is 0. The number of nitrogens with zero attached hydrogens (tertiary/aromatic N) is 2. The summed E-state index contributed by atoms with van der Waals surface area (Å²) in [5, 5.41) is 0. The number of amides is 1. The predicted octanol–water partition coefficient (Wildman–Crippen LogP) is 6.52. The second-order valence-electron chi connectivity index (χ2n) is 8.17. The standard InChI is InChI=1S/C27H30FN3O3.C2H6/c1-7-8-17(4)21(16(2)3)14-31-23-12-19(28)9-10-22(23)30-27(31)26-18(5)11-20(33-6)13-24(26)34-15-25(29)32;1-2/h7-13H,2,14-15H2,1,3-6H3,(H2,29,32);1-2H3/b8-7-,21-17-;. The monoisotopic (exact) mass is 493 g/mol. The van der Waals surface area contributed by atoms with E-state index in [1.807, 2.05) is 64.3 Å². The number of aromatic nitrogens is 2. The lowest BCUT2D eigenvalue weighted by Gasteiger charge is -2.18. The number of ether oxygens (including phenoxy) is 2. The Bertz CT molecular complexity index is 1320. The van der Waals surface area contributed by atoms with Crippen molar-refractivity contribution in [2.45, 2.75) is 48.1 Å². The van der Waals surface area contributed by atoms with Crippen molar-refractivity contribution in [3.8, 4) is 22.9 Å². The van der Waals surface area contributed by atoms with E-state index in [9.17, 15) is 9.18 Å². The van der Waals surface area contributed by atoms with Crippen LogP contribution in [0.3, 0.4) is 0 Å². The molecule has 1 heterocycles. The van der Waals surface area contributed by atoms with Crippen LogP contribution in [-0.2, 0) is 11.3 Å². The average molecular weight is 494 g/mol. The third-order valence-electron chi connectivity index (χ3n) is 5.54. The summed E-state index contributed by atoms with van der Waals surface area (Å²) in [4.78, 5) is 16.3. The second-order valence-corrected chi connectivity index (χ2v) is 8.17. The van der Waals surface area contributed by atoms with E-state index in [1.165, 1.54) is 12.1 Å². The number of benzene rings is 2. The van der Waals surface area contributed by atoms with Gasteiger partial charge in [0.15, 0.2) is 6.61 Å². The molecule has 1 amide bonds. The number of carbonyl (C=O) groups is 1. The van der Waals surface area contributed by atoms with Crippen molar-refractivity contribution in [2.24, 2.45) is 5.73 Å². The van der Waals surface area contributed by atoms with Gasteiger partial charge < -0.3 is 19.8 Å². The molecule has 0 bridgehead atoms. The first-order valence-corrected chi connectivity index (χ1v) is 11.9. The molecule has 0 aliphatic carbocycles. The Morgan fingerprint density at radius 3 is 2.50 bits per heavy atom. The van der Waals surface area contributed by atoms with Crippen LogP contribution in [0.1, 0.15) is 40.2 Å². The molecule has 1 aromatic heterocycles. The minimum atomic E-state index is -0.600. The van der Waals surface area contributed by atoms with Crippen LogP contribution in [0.2, 0.25) is 0 Å². The molecule has 0 atom stereocenters. The van der Waals surface area contributed by atoms with Crippen LogP contribution < -0.4 is 15.2 Å². The Labute approximate surface area is 212 Å². The van der Waals surface area contributed by atoms with Crippen molar-refractivity contribution < 1.29 is 18.7 Å². The Morgan fingerprint density at radius 1 is 1.22 bits per heavy atom. The second kappa shape index (κ2) is 12.7. The summed E-state index contributed by atoms with van der Waals surface area (Å²) in [5.41, 5.74) is 11.1. The first-order valence-electron chi connectivity index (χ1n) is 11.9. The number of nitrogens with two attached hydrogens (primary N) is 1. The highest BCUT2D eigenvalue weighted by Gasteiger charge is 2.22. The Morgan fingerprint density at radius 2 is 1.92 bits per heavy atom. The highest BCUT2D eigenvalue weighted by Crippen LogP contribution is 2.39. The van der Waals surface area contributed by atoms with E-state index in [0.29, 0.717) is 40.5 Å². The van der Waals surface area contributed by atoms with Gasteiger partial charge in [0.2, 0.25) is 0 Å². The van der Waals surface area contributed by atoms with Gasteiger partial charge in [-0.05, 0) is 68.7 Å². The van der Waals surface area contributed by atoms with E-state index in [-0.39, 0.29) is 12.4 Å². The zero-order valence-electron chi connectivity index (χ0n) is 22.2. The summed E-state index contributed by atoms with van der Waals surface area (Å²) < 4.78 is 27.4. The minimum Gasteiger partial charge on any atom is -0.497 e. The molecular formula is C29H36FN3O3. The van der Waals surface area contributed by atoms with Crippen LogP contribution in [0, 0.1) is 12.7 Å². The molecule has 0 radical (unpaired) electrons. The van der Waals surface area contributed by atoms with Gasteiger partial charge >= 0.3 is 0 Å². The third-order valence-corrected chi connectivity index (χ3v) is 5.54. The zero-order valence-corrected chi connectivity index (χ0v) is 22.2. The van der Waals surface area contributed by atoms with E-state index >= 15 is 0 Å². The summed E-state index contributed by atoms with van der Waals surface area (Å²) in [6, 6.07) is 8.05. The lowest BCUT2D eigenvalue weighted by atomic mass is 10.0. The quantitative estimate of drug-likeness (QED) is 0.344. The largest absolute Gasteiger partial charge is 0.497 e. The van der Waals surface area contributed by atoms with Crippen LogP contribution in [0.5, 0.6) is 11.5 Å². The molecule has 0 aliphatic rings. The minimum absolute atomic E-state index is 0.300. The molecule has 3 aromatic rings. The number of methoxy groups -OCH3 is 1. The van der Waals surface area contributed by atoms with E-state index < -0.39 is 5.91 Å². The molecule has 0 fully saturated rings. The summed E-state index contributed by atoms with van der Waals surface area (Å²) in [7, 11) is 1.55. The Hall–Kier alpha value is -3.87. The number of hydrogen-bond donors (Lipinski definition) is 1. The van der Waals surface area contributed by atoms with Crippen molar-refractivity contribution >= 4 is 16.9 Å². The summed E-state index contributed by atoms with van der Waals surface area (Å²) in [5.74, 6) is 0.589. The molecule has 2 N–H and O–H groups in total. The van der Waals surface area contributed by atoms with Crippen molar-refractivity contribution in [3.63, 3.8) is 0 Å². The molecule has 3 rings (SSSR count). The van der Waals surface area contributed by atoms with Crippen LogP contribution in [0.4, 0.5) is 4.39 Å². The highest BCUT2D eigenvalue weighted by molar-refractivity contribution is 5.84. The third kappa shape index (κ3) is 6.42. The smallest absolute Gasteiger partial charge is 0.255 e. The zero-order chi connectivity index (χ0) is 27.0. The van der Waals surface area contributed by atoms with Gasteiger partial charge in [0.25, 0.3) is 5.91 Å². The molecule has 6 nitrogen and oxygen atoms in total. The molecule has 192 valence electrons. The van der Waals surface area contributed by atoms with E-state index in [1.54, 1.807) is 19.2 Å². The molecule has 0 saturated carbocycles. The molecule has 36 heavy (non-hydrogen) atoms. The Balaban J connectivity index is 0.00000222. The van der Waals surface area contributed by atoms with Gasteiger partial charge in [-0.25, -0.2) is 9.37 Å². The van der Waals surface area contributed by atoms with E-state index in [0.717, 1.165) is 22.3 Å². The van der Waals surface area contributed by atoms with Crippen LogP contribution in [-0.4, -0.2) is 29.2 Å². The van der Waals surface area contributed by atoms with Gasteiger partial charge in [-0.15, -0.1) is 0 Å². The molecule has 2 aromatic carbocycles. The predicted molar refractivity (Wildman–Crippen MR) is 145 cm³/mol. The molecule has 0 saturated heterocycles. The fourth-order valence-corrected chi connectivity index (χ4v) is 3.94. The first kappa shape index (κ1) is 28.4. The average Bonchev–Trinajstić information content (AvgIpc) is 3.18. The SMILES string of the molecule is C=C(C)/C(Cn1c(-c2c(C)cc(OC)cc2OCC(N)=O)nc2ccc(F)cc21)=C(C)\C=C/C.CC. The molecule has 0 aliphatic heterocycles. The van der Waals surface area contributed by atoms with Crippen molar-refractivity contribution in [3.05, 3.63) is 77.2 Å². The number of carbonyl (C=O) groups excluding carboxylic acids is 1. The topological polar surface area (TPSA) is 79.4 Å². The maximum Gasteiger partial charge on any atom is 0.255 e. The van der Waals surface area contributed by atoms with E-state index in [4.69, 9.17) is 20.2 Å². The van der Waals surface area contributed by atoms with Crippen molar-refractivity contribution in [1.82, 2.24) is 9.55 Å². The van der Waals surface area contributed by atoms with Crippen molar-refractivity contribution in [2.75, 3.05) is 13.7 Å². The van der Waals surface area contributed by atoms with Gasteiger partial charge in [-0.3, -0.25) is 4.79 Å². The molecule has 0 spiro atoms. The lowest BCUT2D eigenvalue weighted by molar-refractivity contribution is -0.119. The van der Waals surface area contributed by atoms with Crippen LogP contribution in [0.25, 0.3) is 22.4 Å². The fraction of sp³-hybridized carbons (Fsp3) is 0.310. The number of primary amides is 1. The summed E-state index contributed by atoms with van der Waals surface area (Å²) in [6.07, 6.45) is 3.98. The molecular weight excluding hydrogens is 457 g/mol. The highest BCUT2D eigenvalue weighted by atomic mass is 19.1. The maximum atomic E-state index is 14.3. The number of aryl methyl sites for hydroxylation is 1. The van der Waals surface area contributed by atoms with Gasteiger partial charge in [0.1, 0.15) is 23.1 Å². The van der Waals surface area contributed by atoms with Gasteiger partial charge in [-0.2, -0.15) is 0 Å². The Kier molecular flexibility index (Phi) is 10.0. The normalized spacial score (nSPS) is 11.7. The van der Waals surface area contributed by atoms with Crippen LogP contribution in [0.15, 0.2) is 65.8 Å². The number of halogens is 1. The lowest BCUT2D eigenvalue weighted by Crippen LogP contribution is -2.20. The van der Waals surface area contributed by atoms with E-state index in [2.05, 4.69) is 6.58 Å². The number of imidazole rings is 1. The van der Waals surface area contributed by atoms with Crippen LogP contribution >= 0.6 is 0 Å². The molecule has 0 unspecified atom stereocenters. The number of allylic oxidation sites excluding steroid dienone is 5. The van der Waals surface area contributed by atoms with Crippen molar-refractivity contribution in [1.29, 1.82) is 0 Å². The summed E-state index contributed by atoms with van der Waals surface area (Å²) in [6.45, 7) is 16.1. The first-order chi connectivity index (χ1) is 17.2. The van der Waals surface area contributed by atoms with Gasteiger partial charge in [0.05, 0.1) is 30.3 Å². The number of hydrogen-bond acceptors (Lipinski definition) is 4. The van der Waals surface area contributed by atoms with Gasteiger partial charge in [0, 0.05) is 6.07 Å². The van der Waals surface area contributed by atoms with Gasteiger partial charge in [-0.1, -0.05) is 38.2 Å². The molecule has 7 heteroatoms. The fourth-order valence-electron chi connectivity index (χ4n) is 3.94. The number of rotatable bonds is 9.